The number of hydrogen-bond donors (Lipinski definition) is 1. The van der Waals surface area contributed by atoms with E-state index in [0.29, 0.717) is 0 Å². The Morgan fingerprint density at radius 1 is 1.56 bits per heavy atom. The zero-order chi connectivity index (χ0) is 6.95. The van der Waals surface area contributed by atoms with Crippen molar-refractivity contribution in [3.8, 4) is 0 Å². The highest BCUT2D eigenvalue weighted by molar-refractivity contribution is 7.80. The van der Waals surface area contributed by atoms with Gasteiger partial charge in [-0.15, -0.1) is 0 Å². The molecule has 0 heterocycles. The predicted molar refractivity (Wildman–Crippen MR) is 48.1 cm³/mol. The monoisotopic (exact) mass is 164 g/mol. The van der Waals surface area contributed by atoms with Crippen LogP contribution in [0.5, 0.6) is 0 Å². The molecule has 0 fully saturated rings. The van der Waals surface area contributed by atoms with Gasteiger partial charge in [-0.05, 0) is 24.6 Å². The molecular formula is C6H16OSSi. The summed E-state index contributed by atoms with van der Waals surface area (Å²) < 4.78 is 5.39. The fourth-order valence-corrected chi connectivity index (χ4v) is 2.36. The van der Waals surface area contributed by atoms with Crippen LogP contribution in [0, 0.1) is 0 Å². The van der Waals surface area contributed by atoms with Crippen molar-refractivity contribution < 1.29 is 4.43 Å². The van der Waals surface area contributed by atoms with Crippen molar-refractivity contribution in [2.75, 3.05) is 12.4 Å². The first kappa shape index (κ1) is 9.53. The summed E-state index contributed by atoms with van der Waals surface area (Å²) in [5, 5.41) is 0. The molecule has 0 amide bonds. The highest BCUT2D eigenvalue weighted by atomic mass is 32.1. The first-order valence-electron chi connectivity index (χ1n) is 3.60. The molecule has 56 valence electrons. The zero-order valence-electron chi connectivity index (χ0n) is 6.10. The van der Waals surface area contributed by atoms with Crippen LogP contribution in [0.25, 0.3) is 0 Å². The summed E-state index contributed by atoms with van der Waals surface area (Å²) in [6, 6.07) is 1.30. The lowest BCUT2D eigenvalue weighted by Gasteiger charge is -1.98. The molecule has 0 aromatic rings. The van der Waals surface area contributed by atoms with Crippen molar-refractivity contribution >= 4 is 22.4 Å². The topological polar surface area (TPSA) is 9.23 Å². The minimum atomic E-state index is -0.160. The fraction of sp³-hybridized carbons (Fsp3) is 1.00. The van der Waals surface area contributed by atoms with E-state index >= 15 is 0 Å². The van der Waals surface area contributed by atoms with Gasteiger partial charge in [-0.1, -0.05) is 6.92 Å². The first-order chi connectivity index (χ1) is 4.41. The van der Waals surface area contributed by atoms with Crippen LogP contribution < -0.4 is 0 Å². The van der Waals surface area contributed by atoms with E-state index in [-0.39, 0.29) is 9.76 Å². The average Bonchev–Trinajstić information content (AvgIpc) is 1.89. The summed E-state index contributed by atoms with van der Waals surface area (Å²) in [4.78, 5) is 0. The molecule has 0 saturated carbocycles. The van der Waals surface area contributed by atoms with Gasteiger partial charge in [0.15, 0.2) is 9.76 Å². The van der Waals surface area contributed by atoms with Gasteiger partial charge in [-0.2, -0.15) is 12.6 Å². The smallest absolute Gasteiger partial charge is 0.161 e. The van der Waals surface area contributed by atoms with Crippen LogP contribution in [0.1, 0.15) is 19.8 Å². The third-order valence-electron chi connectivity index (χ3n) is 1.05. The Kier molecular flexibility index (Phi) is 9.03. The number of rotatable bonds is 6. The molecule has 0 atom stereocenters. The van der Waals surface area contributed by atoms with Crippen LogP contribution in [0.4, 0.5) is 0 Å². The SMILES string of the molecule is CCCO[SiH2]CCCS. The van der Waals surface area contributed by atoms with Crippen molar-refractivity contribution in [1.82, 2.24) is 0 Å². The molecule has 0 saturated heterocycles. The summed E-state index contributed by atoms with van der Waals surface area (Å²) in [6.45, 7) is 3.12. The maximum Gasteiger partial charge on any atom is 0.161 e. The van der Waals surface area contributed by atoms with Crippen molar-refractivity contribution in [3.05, 3.63) is 0 Å². The highest BCUT2D eigenvalue weighted by Crippen LogP contribution is 1.91. The summed E-state index contributed by atoms with van der Waals surface area (Å²) in [5.41, 5.74) is 0. The summed E-state index contributed by atoms with van der Waals surface area (Å²) in [5.74, 6) is 1.02. The molecular weight excluding hydrogens is 148 g/mol. The van der Waals surface area contributed by atoms with Gasteiger partial charge in [0.05, 0.1) is 0 Å². The summed E-state index contributed by atoms with van der Waals surface area (Å²) in [6.07, 6.45) is 2.40. The molecule has 0 aliphatic heterocycles. The Morgan fingerprint density at radius 3 is 2.89 bits per heavy atom. The van der Waals surface area contributed by atoms with Gasteiger partial charge in [0.2, 0.25) is 0 Å². The number of hydrogen-bond acceptors (Lipinski definition) is 2. The summed E-state index contributed by atoms with van der Waals surface area (Å²) in [7, 11) is -0.160. The van der Waals surface area contributed by atoms with Crippen LogP contribution in [-0.4, -0.2) is 22.1 Å². The standard InChI is InChI=1S/C6H16OSSi/c1-2-4-7-9-6-3-5-8/h8H,2-6,9H2,1H3. The van der Waals surface area contributed by atoms with Gasteiger partial charge in [0.1, 0.15) is 0 Å². The fourth-order valence-electron chi connectivity index (χ4n) is 0.562. The van der Waals surface area contributed by atoms with E-state index < -0.39 is 0 Å². The maximum atomic E-state index is 5.39. The van der Waals surface area contributed by atoms with E-state index in [1.54, 1.807) is 0 Å². The lowest BCUT2D eigenvalue weighted by molar-refractivity contribution is 0.334. The molecule has 0 radical (unpaired) electrons. The molecule has 0 bridgehead atoms. The van der Waals surface area contributed by atoms with E-state index in [1.165, 1.54) is 12.5 Å². The van der Waals surface area contributed by atoms with Gasteiger partial charge in [0, 0.05) is 6.61 Å². The minimum Gasteiger partial charge on any atom is -0.424 e. The van der Waals surface area contributed by atoms with Crippen molar-refractivity contribution in [2.45, 2.75) is 25.8 Å². The molecule has 1 nitrogen and oxygen atoms in total. The summed E-state index contributed by atoms with van der Waals surface area (Å²) >= 11 is 4.11. The predicted octanol–water partition coefficient (Wildman–Crippen LogP) is 1.23. The lowest BCUT2D eigenvalue weighted by Crippen LogP contribution is -1.98. The Hall–Kier alpha value is 0.527. The molecule has 0 aromatic heterocycles. The zero-order valence-corrected chi connectivity index (χ0v) is 8.41. The second kappa shape index (κ2) is 8.53. The van der Waals surface area contributed by atoms with Crippen LogP contribution in [0.15, 0.2) is 0 Å². The third-order valence-corrected chi connectivity index (χ3v) is 2.73. The van der Waals surface area contributed by atoms with Crippen LogP contribution in [0.3, 0.4) is 0 Å². The van der Waals surface area contributed by atoms with E-state index in [9.17, 15) is 0 Å². The van der Waals surface area contributed by atoms with Crippen LogP contribution in [-0.2, 0) is 4.43 Å². The molecule has 0 rings (SSSR count). The Balaban J connectivity index is 2.60. The van der Waals surface area contributed by atoms with Crippen molar-refractivity contribution in [3.63, 3.8) is 0 Å². The highest BCUT2D eigenvalue weighted by Gasteiger charge is 1.86. The second-order valence-corrected chi connectivity index (χ2v) is 4.01. The van der Waals surface area contributed by atoms with Crippen LogP contribution in [0.2, 0.25) is 6.04 Å². The maximum absolute atomic E-state index is 5.39. The molecule has 0 aromatic carbocycles. The van der Waals surface area contributed by atoms with E-state index in [2.05, 4.69) is 19.6 Å². The van der Waals surface area contributed by atoms with Gasteiger partial charge in [-0.25, -0.2) is 0 Å². The molecule has 0 aliphatic rings. The average molecular weight is 164 g/mol. The van der Waals surface area contributed by atoms with Crippen molar-refractivity contribution in [1.29, 1.82) is 0 Å². The molecule has 3 heteroatoms. The molecule has 9 heavy (non-hydrogen) atoms. The van der Waals surface area contributed by atoms with E-state index in [1.807, 2.05) is 0 Å². The molecule has 0 unspecified atom stereocenters. The van der Waals surface area contributed by atoms with Crippen LogP contribution >= 0.6 is 12.6 Å². The number of thiol groups is 1. The molecule has 0 N–H and O–H groups in total. The van der Waals surface area contributed by atoms with Crippen molar-refractivity contribution in [2.24, 2.45) is 0 Å². The molecule has 0 spiro atoms. The Labute approximate surface area is 65.5 Å². The van der Waals surface area contributed by atoms with Gasteiger partial charge in [0.25, 0.3) is 0 Å². The van der Waals surface area contributed by atoms with Gasteiger partial charge in [-0.3, -0.25) is 0 Å². The van der Waals surface area contributed by atoms with E-state index in [4.69, 9.17) is 4.43 Å². The lowest BCUT2D eigenvalue weighted by atomic mass is 10.5. The van der Waals surface area contributed by atoms with Gasteiger partial charge < -0.3 is 4.43 Å². The third kappa shape index (κ3) is 8.53. The second-order valence-electron chi connectivity index (χ2n) is 2.04. The Bertz CT molecular complexity index is 46.3. The Morgan fingerprint density at radius 2 is 2.33 bits per heavy atom. The minimum absolute atomic E-state index is 0.160. The largest absolute Gasteiger partial charge is 0.424 e. The molecule has 0 aliphatic carbocycles. The van der Waals surface area contributed by atoms with Gasteiger partial charge >= 0.3 is 0 Å². The first-order valence-corrected chi connectivity index (χ1v) is 5.81. The quantitative estimate of drug-likeness (QED) is 0.353. The van der Waals surface area contributed by atoms with E-state index in [0.717, 1.165) is 18.8 Å². The normalized spacial score (nSPS) is 11.3.